The third-order valence-electron chi connectivity index (χ3n) is 4.83. The second-order valence-corrected chi connectivity index (χ2v) is 7.44. The Hall–Kier alpha value is -2.02. The molecule has 136 valence electrons. The summed E-state index contributed by atoms with van der Waals surface area (Å²) in [4.78, 5) is 20.0. The predicted molar refractivity (Wildman–Crippen MR) is 104 cm³/mol. The maximum atomic E-state index is 13.4. The van der Waals surface area contributed by atoms with Crippen molar-refractivity contribution in [2.45, 2.75) is 32.4 Å². The highest BCUT2D eigenvalue weighted by Gasteiger charge is 2.32. The molecule has 2 aromatic heterocycles. The molecular weight excluding hydrogens is 348 g/mol. The Morgan fingerprint density at radius 3 is 2.81 bits per heavy atom. The molecule has 1 saturated heterocycles. The van der Waals surface area contributed by atoms with Crippen molar-refractivity contribution in [3.05, 3.63) is 51.9 Å². The van der Waals surface area contributed by atoms with Gasteiger partial charge >= 0.3 is 0 Å². The zero-order valence-corrected chi connectivity index (χ0v) is 15.8. The van der Waals surface area contributed by atoms with Crippen LogP contribution in [-0.4, -0.2) is 35.5 Å². The molecule has 0 N–H and O–H groups in total. The van der Waals surface area contributed by atoms with Crippen LogP contribution in [0.4, 0.5) is 0 Å². The average Bonchev–Trinajstić information content (AvgIpc) is 3.28. The van der Waals surface area contributed by atoms with Crippen molar-refractivity contribution in [2.75, 3.05) is 19.8 Å². The van der Waals surface area contributed by atoms with Crippen LogP contribution >= 0.6 is 11.3 Å². The molecule has 0 radical (unpaired) electrons. The number of aryl methyl sites for hydroxylation is 1. The monoisotopic (exact) mass is 370 g/mol. The summed E-state index contributed by atoms with van der Waals surface area (Å²) in [6, 6.07) is 9.97. The van der Waals surface area contributed by atoms with E-state index in [0.717, 1.165) is 22.4 Å². The molecule has 1 fully saturated rings. The first-order chi connectivity index (χ1) is 12.7. The van der Waals surface area contributed by atoms with E-state index in [1.54, 1.807) is 22.2 Å². The van der Waals surface area contributed by atoms with Gasteiger partial charge in [-0.05, 0) is 18.9 Å². The molecule has 0 amide bonds. The van der Waals surface area contributed by atoms with Gasteiger partial charge in [0.1, 0.15) is 10.9 Å². The number of aromatic nitrogens is 2. The van der Waals surface area contributed by atoms with E-state index in [2.05, 4.69) is 24.0 Å². The van der Waals surface area contributed by atoms with Gasteiger partial charge < -0.3 is 9.47 Å². The largest absolute Gasteiger partial charge is 0.376 e. The highest BCUT2D eigenvalue weighted by molar-refractivity contribution is 7.19. The lowest BCUT2D eigenvalue weighted by atomic mass is 10.0. The number of benzene rings is 1. The van der Waals surface area contributed by atoms with Gasteiger partial charge in [-0.3, -0.25) is 9.36 Å². The van der Waals surface area contributed by atoms with Gasteiger partial charge in [0.15, 0.2) is 0 Å². The van der Waals surface area contributed by atoms with Crippen LogP contribution in [0.3, 0.4) is 0 Å². The number of hydrogen-bond donors (Lipinski definition) is 0. The summed E-state index contributed by atoms with van der Waals surface area (Å²) in [5.74, 6) is 0. The third-order valence-corrected chi connectivity index (χ3v) is 6.07. The van der Waals surface area contributed by atoms with Crippen LogP contribution in [-0.2, 0) is 15.9 Å². The van der Waals surface area contributed by atoms with Crippen molar-refractivity contribution in [3.63, 3.8) is 0 Å². The molecule has 4 rings (SSSR count). The first-order valence-electron chi connectivity index (χ1n) is 9.01. The zero-order valence-electron chi connectivity index (χ0n) is 15.0. The van der Waals surface area contributed by atoms with Gasteiger partial charge in [-0.25, -0.2) is 4.98 Å². The summed E-state index contributed by atoms with van der Waals surface area (Å²) < 4.78 is 13.0. The van der Waals surface area contributed by atoms with E-state index in [1.165, 1.54) is 4.88 Å². The van der Waals surface area contributed by atoms with Crippen molar-refractivity contribution < 1.29 is 9.47 Å². The van der Waals surface area contributed by atoms with Crippen molar-refractivity contribution in [1.29, 1.82) is 0 Å². The van der Waals surface area contributed by atoms with Gasteiger partial charge in [-0.1, -0.05) is 37.3 Å². The minimum Gasteiger partial charge on any atom is -0.376 e. The fraction of sp³-hybridized carbons (Fsp3) is 0.400. The Labute approximate surface area is 156 Å². The smallest absolute Gasteiger partial charge is 0.263 e. The van der Waals surface area contributed by atoms with Crippen molar-refractivity contribution in [3.8, 4) is 11.1 Å². The maximum Gasteiger partial charge on any atom is 0.263 e. The zero-order chi connectivity index (χ0) is 18.1. The van der Waals surface area contributed by atoms with E-state index in [4.69, 9.17) is 9.47 Å². The number of nitrogens with zero attached hydrogens (tertiary/aromatic N) is 2. The van der Waals surface area contributed by atoms with E-state index in [-0.39, 0.29) is 17.7 Å². The number of thiophene rings is 1. The van der Waals surface area contributed by atoms with E-state index in [9.17, 15) is 4.79 Å². The van der Waals surface area contributed by atoms with Gasteiger partial charge in [0.25, 0.3) is 5.56 Å². The molecular formula is C20H22N2O3S. The minimum atomic E-state index is -0.132. The lowest BCUT2D eigenvalue weighted by molar-refractivity contribution is 0.0356. The summed E-state index contributed by atoms with van der Waals surface area (Å²) in [5.41, 5.74) is 2.08. The highest BCUT2D eigenvalue weighted by atomic mass is 32.1. The van der Waals surface area contributed by atoms with E-state index in [1.807, 2.05) is 25.1 Å². The summed E-state index contributed by atoms with van der Waals surface area (Å²) in [5, 5.41) is 0.711. The fourth-order valence-corrected chi connectivity index (χ4v) is 4.69. The normalized spacial score (nSPS) is 20.1. The molecule has 1 aromatic carbocycles. The lowest BCUT2D eigenvalue weighted by Gasteiger charge is -2.19. The molecule has 0 bridgehead atoms. The molecule has 3 aromatic rings. The minimum absolute atomic E-state index is 0.00925. The quantitative estimate of drug-likeness (QED) is 0.688. The average molecular weight is 370 g/mol. The van der Waals surface area contributed by atoms with Gasteiger partial charge in [0, 0.05) is 17.0 Å². The molecule has 0 spiro atoms. The van der Waals surface area contributed by atoms with Crippen molar-refractivity contribution in [1.82, 2.24) is 9.55 Å². The van der Waals surface area contributed by atoms with Crippen LogP contribution in [0.1, 0.15) is 24.8 Å². The van der Waals surface area contributed by atoms with E-state index in [0.29, 0.717) is 25.2 Å². The molecule has 0 aliphatic carbocycles. The Morgan fingerprint density at radius 2 is 2.08 bits per heavy atom. The molecule has 26 heavy (non-hydrogen) atoms. The summed E-state index contributed by atoms with van der Waals surface area (Å²) in [6.07, 6.45) is 2.42. The topological polar surface area (TPSA) is 53.4 Å². The van der Waals surface area contributed by atoms with Gasteiger partial charge in [-0.15, -0.1) is 11.3 Å². The fourth-order valence-electron chi connectivity index (χ4n) is 3.60. The molecule has 3 heterocycles. The number of hydrogen-bond acceptors (Lipinski definition) is 5. The summed E-state index contributed by atoms with van der Waals surface area (Å²) in [6.45, 7) is 5.66. The maximum absolute atomic E-state index is 13.4. The first-order valence-corrected chi connectivity index (χ1v) is 9.83. The molecule has 2 atom stereocenters. The van der Waals surface area contributed by atoms with Crippen LogP contribution in [0, 0.1) is 0 Å². The van der Waals surface area contributed by atoms with Crippen LogP contribution < -0.4 is 5.56 Å². The third kappa shape index (κ3) is 2.88. The van der Waals surface area contributed by atoms with Crippen molar-refractivity contribution >= 4 is 21.6 Å². The molecule has 0 unspecified atom stereocenters. The Bertz CT molecular complexity index is 964. The lowest BCUT2D eigenvalue weighted by Crippen LogP contribution is -2.33. The Morgan fingerprint density at radius 1 is 1.27 bits per heavy atom. The second-order valence-electron chi connectivity index (χ2n) is 6.36. The second kappa shape index (κ2) is 7.31. The van der Waals surface area contributed by atoms with E-state index >= 15 is 0 Å². The molecule has 6 heteroatoms. The number of rotatable bonds is 5. The Kier molecular flexibility index (Phi) is 4.89. The van der Waals surface area contributed by atoms with Crippen molar-refractivity contribution in [2.24, 2.45) is 0 Å². The van der Waals surface area contributed by atoms with Crippen LogP contribution in [0.25, 0.3) is 21.3 Å². The predicted octanol–water partition coefficient (Wildman–Crippen LogP) is 3.66. The van der Waals surface area contributed by atoms with Crippen LogP contribution in [0.5, 0.6) is 0 Å². The number of fused-ring (bicyclic) bond motifs is 1. The number of ether oxygens (including phenoxy) is 2. The van der Waals surface area contributed by atoms with Gasteiger partial charge in [-0.2, -0.15) is 0 Å². The molecule has 1 aliphatic rings. The van der Waals surface area contributed by atoms with Gasteiger partial charge in [0.05, 0.1) is 31.0 Å². The summed E-state index contributed by atoms with van der Waals surface area (Å²) in [7, 11) is 0. The molecule has 0 saturated carbocycles. The van der Waals surface area contributed by atoms with E-state index < -0.39 is 0 Å². The first kappa shape index (κ1) is 17.4. The molecule has 1 aliphatic heterocycles. The highest BCUT2D eigenvalue weighted by Crippen LogP contribution is 2.36. The van der Waals surface area contributed by atoms with Crippen LogP contribution in [0.2, 0.25) is 0 Å². The Balaban J connectivity index is 1.91. The van der Waals surface area contributed by atoms with Crippen LogP contribution in [0.15, 0.2) is 41.5 Å². The summed E-state index contributed by atoms with van der Waals surface area (Å²) >= 11 is 1.61. The molecule has 5 nitrogen and oxygen atoms in total. The van der Waals surface area contributed by atoms with Gasteiger partial charge in [0.2, 0.25) is 0 Å². The SMILES string of the molecule is CCO[C@H]1COC[C@@H]1n1cnc2sc(CC)c(-c3ccccc3)c2c1=O. The standard InChI is InChI=1S/C20H22N2O3S/c1-3-16-17(13-8-6-5-7-9-13)18-19(26-16)21-12-22(20(18)23)14-10-24-11-15(14)25-4-2/h5-9,12,14-15H,3-4,10-11H2,1-2H3/t14-,15-/m0/s1.